The molecule has 10 nitrogen and oxygen atoms in total. The van der Waals surface area contributed by atoms with Crippen LogP contribution in [0.5, 0.6) is 0 Å². The van der Waals surface area contributed by atoms with Gasteiger partial charge < -0.3 is 5.11 Å². The number of carboxylic acids is 1. The third kappa shape index (κ3) is 56.6. The molecular formula is C20H38N6O4. The molecule has 0 amide bonds. The lowest BCUT2D eigenvalue weighted by molar-refractivity contribution is -0.137. The molecule has 0 aromatic carbocycles. The topological polar surface area (TPSA) is 180 Å². The van der Waals surface area contributed by atoms with E-state index in [1.165, 1.54) is 0 Å². The summed E-state index contributed by atoms with van der Waals surface area (Å²) in [6, 6.07) is 0. The van der Waals surface area contributed by atoms with Crippen molar-refractivity contribution in [3.05, 3.63) is 30.8 Å². The van der Waals surface area contributed by atoms with Gasteiger partial charge in [-0.3, -0.25) is 4.79 Å². The minimum Gasteiger partial charge on any atom is -0.481 e. The lowest BCUT2D eigenvalue weighted by Crippen LogP contribution is -1.93. The van der Waals surface area contributed by atoms with Crippen molar-refractivity contribution >= 4 is 5.97 Å². The minimum absolute atomic E-state index is 0. The van der Waals surface area contributed by atoms with E-state index < -0.39 is 5.97 Å². The maximum Gasteiger partial charge on any atom is 0.303 e. The molecule has 2 N–H and O–H groups in total. The fourth-order valence-corrected chi connectivity index (χ4v) is 1.58. The summed E-state index contributed by atoms with van der Waals surface area (Å²) in [6.07, 6.45) is 17.2. The van der Waals surface area contributed by atoms with Gasteiger partial charge in [-0.15, -0.1) is 18.4 Å². The van der Waals surface area contributed by atoms with Crippen LogP contribution in [0.25, 0.3) is 20.9 Å². The normalized spacial score (nSPS) is 6.33. The first kappa shape index (κ1) is 33.1. The molecule has 0 bridgehead atoms. The molecule has 0 aromatic rings. The van der Waals surface area contributed by atoms with Crippen LogP contribution >= 0.6 is 0 Å². The fourth-order valence-electron chi connectivity index (χ4n) is 1.58. The van der Waals surface area contributed by atoms with Gasteiger partial charge in [0.05, 0.1) is 0 Å². The van der Waals surface area contributed by atoms with Gasteiger partial charge in [0, 0.05) is 39.2 Å². The Bertz CT molecular complexity index is 779. The van der Waals surface area contributed by atoms with Crippen molar-refractivity contribution in [2.24, 2.45) is 5.11 Å². The number of aliphatic carboxylic acids is 1. The molecule has 30 heavy (non-hydrogen) atoms. The number of rotatable bonds is 10. The summed E-state index contributed by atoms with van der Waals surface area (Å²) in [5.74, 6) is 17.7. The summed E-state index contributed by atoms with van der Waals surface area (Å²) in [5.41, 5.74) is 20.3. The van der Waals surface area contributed by atoms with E-state index in [0.717, 1.165) is 44.9 Å². The van der Waals surface area contributed by atoms with Crippen molar-refractivity contribution in [1.82, 2.24) is 0 Å². The summed E-state index contributed by atoms with van der Waals surface area (Å²) in [5, 5.41) is 11.9. The summed E-state index contributed by atoms with van der Waals surface area (Å²) < 4.78 is 0. The Morgan fingerprint density at radius 2 is 1.23 bits per heavy atom. The fraction of sp³-hybridized carbons (Fsp3) is 0.450. The van der Waals surface area contributed by atoms with Crippen molar-refractivity contribution in [3.8, 4) is 60.2 Å². The number of carbonyl (C=O) groups is 1. The average Bonchev–Trinajstić information content (AvgIpc) is 2.74. The summed E-state index contributed by atoms with van der Waals surface area (Å²) in [6.45, 7) is 0.593. The van der Waals surface area contributed by atoms with E-state index in [-0.39, 0.29) is 17.8 Å². The number of azide groups is 1. The van der Waals surface area contributed by atoms with Crippen LogP contribution in [0.3, 0.4) is 0 Å². The number of hydrogen-bond donors (Lipinski definition) is 2. The van der Waals surface area contributed by atoms with E-state index in [1.54, 1.807) is 4.91 Å². The Labute approximate surface area is 188 Å². The van der Waals surface area contributed by atoms with Gasteiger partial charge in [-0.25, -0.2) is 0 Å². The molecule has 172 valence electrons. The number of unbranched alkanes of at least 4 members (excludes halogenated alkanes) is 6. The molecular weight excluding hydrogens is 388 g/mol. The van der Waals surface area contributed by atoms with Crippen LogP contribution < -0.4 is 0 Å². The number of carboxylic acid groups (broad SMARTS) is 1. The van der Waals surface area contributed by atoms with E-state index in [9.17, 15) is 4.79 Å². The smallest absolute Gasteiger partial charge is 0.303 e. The van der Waals surface area contributed by atoms with Crippen LogP contribution in [-0.4, -0.2) is 17.6 Å². The maximum absolute atomic E-state index is 10.2. The second kappa shape index (κ2) is 39.5. The van der Waals surface area contributed by atoms with Crippen LogP contribution in [0.4, 0.5) is 0 Å². The first-order valence-electron chi connectivity index (χ1n) is 8.42. The molecule has 0 radical (unpaired) electrons. The molecule has 10 heteroatoms. The van der Waals surface area contributed by atoms with Crippen LogP contribution in [0.2, 0.25) is 0 Å². The first-order valence-corrected chi connectivity index (χ1v) is 8.42. The SMILES string of the molecule is C#CC#CC#CC#CC#C.O=O.[HH].[HH].[HH].[HH].[HH].[HH].[HH].[HH].[N-]=[N+]=N.[N-]=[N+]=NCCCCCCCCCC(=O)O. The highest BCUT2D eigenvalue weighted by Gasteiger charge is 1.96. The first-order chi connectivity index (χ1) is 14.6. The lowest BCUT2D eigenvalue weighted by Gasteiger charge is -1.99. The van der Waals surface area contributed by atoms with Gasteiger partial charge in [0.15, 0.2) is 0 Å². The average molecular weight is 427 g/mol. The third-order valence-corrected chi connectivity index (χ3v) is 2.67. The third-order valence-electron chi connectivity index (χ3n) is 2.67. The molecule has 0 spiro atoms. The van der Waals surface area contributed by atoms with Crippen LogP contribution in [0, 0.1) is 75.7 Å². The minimum atomic E-state index is -0.704. The molecule has 0 aromatic heterocycles. The lowest BCUT2D eigenvalue weighted by atomic mass is 10.1. The molecule has 0 atom stereocenters. The van der Waals surface area contributed by atoms with Crippen LogP contribution in [-0.2, 0) is 4.79 Å². The summed E-state index contributed by atoms with van der Waals surface area (Å²) in [4.78, 5) is 28.6. The van der Waals surface area contributed by atoms with Crippen molar-refractivity contribution in [2.75, 3.05) is 6.54 Å². The Morgan fingerprint density at radius 1 is 0.867 bits per heavy atom. The van der Waals surface area contributed by atoms with Gasteiger partial charge in [-0.05, 0) is 76.2 Å². The number of nitrogens with one attached hydrogen (secondary N) is 1. The van der Waals surface area contributed by atoms with E-state index in [2.05, 4.69) is 57.4 Å². The Morgan fingerprint density at radius 3 is 1.60 bits per heavy atom. The number of terminal acetylenes is 2. The van der Waals surface area contributed by atoms with E-state index in [0.29, 0.717) is 6.54 Å². The molecule has 0 fully saturated rings. The quantitative estimate of drug-likeness (QED) is 0.130. The van der Waals surface area contributed by atoms with Crippen LogP contribution in [0.15, 0.2) is 5.11 Å². The van der Waals surface area contributed by atoms with Crippen molar-refractivity contribution in [3.63, 3.8) is 0 Å². The molecule has 0 aliphatic heterocycles. The van der Waals surface area contributed by atoms with Gasteiger partial charge in [0.25, 0.3) is 0 Å². The largest absolute Gasteiger partial charge is 0.481 e. The summed E-state index contributed by atoms with van der Waals surface area (Å²) >= 11 is 0. The van der Waals surface area contributed by atoms with E-state index in [1.807, 2.05) is 0 Å². The van der Waals surface area contributed by atoms with E-state index >= 15 is 0 Å². The molecule has 0 unspecified atom stereocenters. The van der Waals surface area contributed by atoms with E-state index in [4.69, 9.17) is 44.5 Å². The predicted molar refractivity (Wildman–Crippen MR) is 133 cm³/mol. The zero-order valence-electron chi connectivity index (χ0n) is 16.4. The molecule has 0 saturated carbocycles. The van der Waals surface area contributed by atoms with Crippen molar-refractivity contribution in [1.29, 1.82) is 5.53 Å². The number of hydrogen-bond acceptors (Lipinski definition) is 5. The van der Waals surface area contributed by atoms with Gasteiger partial charge >= 0.3 is 5.97 Å². The molecule has 0 rings (SSSR count). The standard InChI is InChI=1S/C10H19N3O2.C10H2.HN3.O2.8H2/c11-13-12-9-7-5-3-1-2-4-6-8-10(14)15;1-3-5-7-9-10-8-6-4-2;1-3-2;1-2;;;;;;;;/h1-9H2,(H,14,15);1-2H;1H;;8*1H. The highest BCUT2D eigenvalue weighted by atomic mass is 16.7. The molecule has 0 aliphatic carbocycles. The van der Waals surface area contributed by atoms with Gasteiger partial charge in [0.1, 0.15) is 0 Å². The number of nitrogens with zero attached hydrogens (tertiary/aromatic N) is 5. The molecule has 0 saturated heterocycles. The van der Waals surface area contributed by atoms with Gasteiger partial charge in [0.2, 0.25) is 0 Å². The second-order valence-corrected chi connectivity index (χ2v) is 4.71. The highest BCUT2D eigenvalue weighted by molar-refractivity contribution is 5.66. The highest BCUT2D eigenvalue weighted by Crippen LogP contribution is 2.08. The summed E-state index contributed by atoms with van der Waals surface area (Å²) in [7, 11) is 0. The van der Waals surface area contributed by atoms with Crippen LogP contribution in [0.1, 0.15) is 62.8 Å². The zero-order valence-corrected chi connectivity index (χ0v) is 16.4. The maximum atomic E-state index is 10.2. The van der Waals surface area contributed by atoms with Crippen molar-refractivity contribution < 1.29 is 21.3 Å². The van der Waals surface area contributed by atoms with Crippen molar-refractivity contribution in [2.45, 2.75) is 51.4 Å². The molecule has 0 aliphatic rings. The zero-order chi connectivity index (χ0) is 23.7. The van der Waals surface area contributed by atoms with Gasteiger partial charge in [-0.2, -0.15) is 0 Å². The monoisotopic (exact) mass is 426 g/mol. The van der Waals surface area contributed by atoms with Gasteiger partial charge in [-0.1, -0.05) is 37.2 Å². The Kier molecular flexibility index (Phi) is 43.6. The Hall–Kier alpha value is -4.51. The Balaban J connectivity index is -0.0000000264. The predicted octanol–water partition coefficient (Wildman–Crippen LogP) is 6.68. The molecule has 0 heterocycles. The second-order valence-electron chi connectivity index (χ2n) is 4.71.